The molecule has 0 bridgehead atoms. The minimum Gasteiger partial charge on any atom is -0.339 e. The molecule has 0 atom stereocenters. The van der Waals surface area contributed by atoms with E-state index in [1.165, 1.54) is 30.3 Å². The fourth-order valence-electron chi connectivity index (χ4n) is 4.13. The van der Waals surface area contributed by atoms with Crippen LogP contribution in [0.5, 0.6) is 0 Å². The number of sulfone groups is 1. The van der Waals surface area contributed by atoms with Gasteiger partial charge < -0.3 is 4.90 Å². The molecule has 0 unspecified atom stereocenters. The molecule has 1 saturated heterocycles. The number of hydrogen-bond acceptors (Lipinski definition) is 5. The zero-order valence-electron chi connectivity index (χ0n) is 19.6. The molecule has 0 radical (unpaired) electrons. The minimum absolute atomic E-state index is 0.0623. The topological polar surface area (TPSA) is 101 Å². The van der Waals surface area contributed by atoms with Crippen LogP contribution < -0.4 is 4.72 Å². The molecular weight excluding hydrogens is 484 g/mol. The lowest BCUT2D eigenvalue weighted by Crippen LogP contribution is -2.46. The van der Waals surface area contributed by atoms with Gasteiger partial charge in [-0.05, 0) is 68.7 Å². The maximum absolute atomic E-state index is 13.2. The van der Waals surface area contributed by atoms with Crippen molar-refractivity contribution in [1.29, 1.82) is 0 Å². The second kappa shape index (κ2) is 9.93. The Morgan fingerprint density at radius 1 is 0.829 bits per heavy atom. The lowest BCUT2D eigenvalue weighted by molar-refractivity contribution is 0.0711. The Morgan fingerprint density at radius 3 is 2.09 bits per heavy atom. The smallest absolute Gasteiger partial charge is 0.253 e. The molecule has 9 heteroatoms. The van der Waals surface area contributed by atoms with E-state index in [1.807, 2.05) is 19.1 Å². The van der Waals surface area contributed by atoms with E-state index in [4.69, 9.17) is 0 Å². The highest BCUT2D eigenvalue weighted by Crippen LogP contribution is 2.26. The van der Waals surface area contributed by atoms with Gasteiger partial charge in [0.1, 0.15) is 0 Å². The lowest BCUT2D eigenvalue weighted by atomic mass is 10.0. The quantitative estimate of drug-likeness (QED) is 0.543. The lowest BCUT2D eigenvalue weighted by Gasteiger charge is -2.32. The van der Waals surface area contributed by atoms with Crippen LogP contribution in [-0.4, -0.2) is 46.8 Å². The molecule has 184 valence electrons. The van der Waals surface area contributed by atoms with Gasteiger partial charge >= 0.3 is 0 Å². The average Bonchev–Trinajstić information content (AvgIpc) is 2.85. The van der Waals surface area contributed by atoms with Crippen LogP contribution in [0.3, 0.4) is 0 Å². The van der Waals surface area contributed by atoms with E-state index in [-0.39, 0.29) is 26.6 Å². The monoisotopic (exact) mass is 512 g/mol. The van der Waals surface area contributed by atoms with E-state index in [9.17, 15) is 21.6 Å². The van der Waals surface area contributed by atoms with Crippen molar-refractivity contribution in [1.82, 2.24) is 9.62 Å². The minimum atomic E-state index is -3.97. The number of carbonyl (C=O) groups excluding carboxylic acids is 1. The van der Waals surface area contributed by atoms with E-state index < -0.39 is 19.9 Å². The number of likely N-dealkylation sites (tertiary alicyclic amines) is 1. The van der Waals surface area contributed by atoms with Crippen molar-refractivity contribution < 1.29 is 21.6 Å². The molecule has 7 nitrogen and oxygen atoms in total. The summed E-state index contributed by atoms with van der Waals surface area (Å²) in [5.74, 6) is -0.0685. The molecule has 1 amide bonds. The van der Waals surface area contributed by atoms with Crippen molar-refractivity contribution in [2.75, 3.05) is 13.1 Å². The second-order valence-electron chi connectivity index (χ2n) is 8.80. The van der Waals surface area contributed by atoms with Gasteiger partial charge in [0, 0.05) is 24.7 Å². The number of amides is 1. The average molecular weight is 513 g/mol. The Bertz CT molecular complexity index is 1430. The normalized spacial score (nSPS) is 15.2. The van der Waals surface area contributed by atoms with Crippen molar-refractivity contribution in [2.45, 2.75) is 47.4 Å². The van der Waals surface area contributed by atoms with E-state index in [0.29, 0.717) is 37.1 Å². The summed E-state index contributed by atoms with van der Waals surface area (Å²) in [5.41, 5.74) is 2.14. The summed E-state index contributed by atoms with van der Waals surface area (Å²) in [7, 11) is -7.82. The van der Waals surface area contributed by atoms with Crippen LogP contribution in [0.1, 0.15) is 34.3 Å². The van der Waals surface area contributed by atoms with Crippen molar-refractivity contribution in [2.24, 2.45) is 0 Å². The number of rotatable bonds is 6. The van der Waals surface area contributed by atoms with Crippen molar-refractivity contribution in [3.63, 3.8) is 0 Å². The SMILES string of the molecule is Cc1ccc(C(=O)N2CCC(NS(=O)(=O)c3cc(S(=O)(=O)c4ccccc4)ccc3C)CC2)cc1. The molecule has 0 spiro atoms. The number of aryl methyl sites for hydroxylation is 2. The van der Waals surface area contributed by atoms with Crippen LogP contribution in [0.25, 0.3) is 0 Å². The molecule has 0 saturated carbocycles. The van der Waals surface area contributed by atoms with Crippen molar-refractivity contribution in [3.8, 4) is 0 Å². The van der Waals surface area contributed by atoms with E-state index >= 15 is 0 Å². The first kappa shape index (κ1) is 25.1. The highest BCUT2D eigenvalue weighted by molar-refractivity contribution is 7.91. The molecule has 1 aliphatic heterocycles. The predicted molar refractivity (Wildman–Crippen MR) is 133 cm³/mol. The molecule has 0 aromatic heterocycles. The maximum Gasteiger partial charge on any atom is 0.253 e. The van der Waals surface area contributed by atoms with Crippen LogP contribution in [-0.2, 0) is 19.9 Å². The first-order chi connectivity index (χ1) is 16.6. The summed E-state index contributed by atoms with van der Waals surface area (Å²) >= 11 is 0. The number of benzene rings is 3. The third-order valence-electron chi connectivity index (χ3n) is 6.22. The van der Waals surface area contributed by atoms with Crippen LogP contribution in [0.2, 0.25) is 0 Å². The maximum atomic E-state index is 13.2. The van der Waals surface area contributed by atoms with E-state index in [0.717, 1.165) is 5.56 Å². The molecule has 4 rings (SSSR count). The van der Waals surface area contributed by atoms with Crippen LogP contribution in [0, 0.1) is 13.8 Å². The Kier molecular flexibility index (Phi) is 7.12. The Labute approximate surface area is 206 Å². The van der Waals surface area contributed by atoms with Gasteiger partial charge in [-0.2, -0.15) is 0 Å². The first-order valence-electron chi connectivity index (χ1n) is 11.4. The van der Waals surface area contributed by atoms with Gasteiger partial charge in [-0.3, -0.25) is 4.79 Å². The van der Waals surface area contributed by atoms with Gasteiger partial charge in [0.05, 0.1) is 14.7 Å². The highest BCUT2D eigenvalue weighted by Gasteiger charge is 2.29. The number of sulfonamides is 1. The summed E-state index contributed by atoms with van der Waals surface area (Å²) in [6.07, 6.45) is 0.940. The third kappa shape index (κ3) is 5.47. The molecule has 3 aromatic carbocycles. The summed E-state index contributed by atoms with van der Waals surface area (Å²) in [5, 5.41) is 0. The number of nitrogens with zero attached hydrogens (tertiary/aromatic N) is 1. The third-order valence-corrected chi connectivity index (χ3v) is 9.65. The molecule has 3 aromatic rings. The van der Waals surface area contributed by atoms with Gasteiger partial charge in [0.2, 0.25) is 19.9 Å². The van der Waals surface area contributed by atoms with Gasteiger partial charge in [0.25, 0.3) is 5.91 Å². The molecule has 1 heterocycles. The zero-order valence-corrected chi connectivity index (χ0v) is 21.3. The van der Waals surface area contributed by atoms with Crippen molar-refractivity contribution >= 4 is 25.8 Å². The summed E-state index contributed by atoms with van der Waals surface area (Å²) < 4.78 is 55.1. The van der Waals surface area contributed by atoms with Gasteiger partial charge in [-0.1, -0.05) is 42.0 Å². The largest absolute Gasteiger partial charge is 0.339 e. The predicted octanol–water partition coefficient (Wildman–Crippen LogP) is 3.72. The number of piperidine rings is 1. The van der Waals surface area contributed by atoms with E-state index in [1.54, 1.807) is 42.2 Å². The highest BCUT2D eigenvalue weighted by atomic mass is 32.2. The van der Waals surface area contributed by atoms with E-state index in [2.05, 4.69) is 4.72 Å². The Balaban J connectivity index is 1.48. The molecule has 1 fully saturated rings. The Hall–Kier alpha value is -3.01. The fraction of sp³-hybridized carbons (Fsp3) is 0.269. The molecular formula is C26H28N2O5S2. The van der Waals surface area contributed by atoms with Crippen LogP contribution >= 0.6 is 0 Å². The molecule has 0 aliphatic carbocycles. The number of nitrogens with one attached hydrogen (secondary N) is 1. The molecule has 35 heavy (non-hydrogen) atoms. The Morgan fingerprint density at radius 2 is 1.46 bits per heavy atom. The first-order valence-corrected chi connectivity index (χ1v) is 14.3. The standard InChI is InChI=1S/C26H28N2O5S2/c1-19-8-11-21(12-9-19)26(29)28-16-14-22(15-17-28)27-35(32,33)25-18-24(13-10-20(25)2)34(30,31)23-6-4-3-5-7-23/h3-13,18,22,27H,14-17H2,1-2H3. The molecule has 1 aliphatic rings. The fourth-order valence-corrected chi connectivity index (χ4v) is 7.09. The van der Waals surface area contributed by atoms with Gasteiger partial charge in [-0.15, -0.1) is 0 Å². The van der Waals surface area contributed by atoms with Gasteiger partial charge in [0.15, 0.2) is 0 Å². The summed E-state index contributed by atoms with van der Waals surface area (Å²) in [6.45, 7) is 4.46. The number of carbonyl (C=O) groups is 1. The van der Waals surface area contributed by atoms with Crippen LogP contribution in [0.4, 0.5) is 0 Å². The van der Waals surface area contributed by atoms with Crippen molar-refractivity contribution in [3.05, 3.63) is 89.5 Å². The van der Waals surface area contributed by atoms with Crippen LogP contribution in [0.15, 0.2) is 87.5 Å². The molecule has 1 N–H and O–H groups in total. The number of hydrogen-bond donors (Lipinski definition) is 1. The second-order valence-corrected chi connectivity index (χ2v) is 12.4. The summed E-state index contributed by atoms with van der Waals surface area (Å²) in [6, 6.07) is 19.1. The van der Waals surface area contributed by atoms with Gasteiger partial charge in [-0.25, -0.2) is 21.6 Å². The summed E-state index contributed by atoms with van der Waals surface area (Å²) in [4.78, 5) is 14.4. The zero-order chi connectivity index (χ0) is 25.2.